The van der Waals surface area contributed by atoms with Crippen LogP contribution >= 0.6 is 45.8 Å². The van der Waals surface area contributed by atoms with E-state index in [1.54, 1.807) is 25.4 Å². The van der Waals surface area contributed by atoms with Crippen molar-refractivity contribution < 1.29 is 9.47 Å². The van der Waals surface area contributed by atoms with Gasteiger partial charge < -0.3 is 9.47 Å². The van der Waals surface area contributed by atoms with E-state index in [0.29, 0.717) is 33.1 Å². The number of halogens is 3. The number of hydrogen-bond donors (Lipinski definition) is 0. The van der Waals surface area contributed by atoms with Crippen molar-refractivity contribution >= 4 is 45.8 Å². The van der Waals surface area contributed by atoms with E-state index in [-0.39, 0.29) is 0 Å². The lowest BCUT2D eigenvalue weighted by Gasteiger charge is -2.11. The highest BCUT2D eigenvalue weighted by molar-refractivity contribution is 14.1. The van der Waals surface area contributed by atoms with Gasteiger partial charge in [0.15, 0.2) is 17.3 Å². The molecule has 19 heavy (non-hydrogen) atoms. The van der Waals surface area contributed by atoms with Crippen LogP contribution in [-0.2, 0) is 0 Å². The van der Waals surface area contributed by atoms with Crippen LogP contribution < -0.4 is 9.47 Å². The number of ether oxygens (including phenoxy) is 2. The molecule has 0 radical (unpaired) electrons. The number of methoxy groups -OCH3 is 2. The third-order valence-electron chi connectivity index (χ3n) is 2.39. The Morgan fingerprint density at radius 2 is 1.89 bits per heavy atom. The van der Waals surface area contributed by atoms with Crippen LogP contribution in [0.4, 0.5) is 0 Å². The first-order chi connectivity index (χ1) is 9.06. The molecule has 7 heteroatoms. The first-order valence-electron chi connectivity index (χ1n) is 5.16. The van der Waals surface area contributed by atoms with Gasteiger partial charge in [-0.3, -0.25) is 0 Å². The maximum Gasteiger partial charge on any atom is 0.179 e. The molecule has 0 aliphatic heterocycles. The highest BCUT2D eigenvalue weighted by Gasteiger charge is 2.14. The molecule has 0 aliphatic rings. The van der Waals surface area contributed by atoms with E-state index in [9.17, 15) is 0 Å². The number of benzene rings is 1. The summed E-state index contributed by atoms with van der Waals surface area (Å²) in [4.78, 5) is 8.43. The molecule has 2 aromatic rings. The smallest absolute Gasteiger partial charge is 0.179 e. The molecule has 0 atom stereocenters. The second-order valence-corrected chi connectivity index (χ2v) is 5.45. The lowest BCUT2D eigenvalue weighted by molar-refractivity contribution is 0.355. The lowest BCUT2D eigenvalue weighted by Crippen LogP contribution is -1.95. The fourth-order valence-electron chi connectivity index (χ4n) is 1.53. The summed E-state index contributed by atoms with van der Waals surface area (Å²) in [6.45, 7) is 0. The minimum absolute atomic E-state index is 0.400. The molecule has 0 unspecified atom stereocenters. The molecule has 4 nitrogen and oxygen atoms in total. The Bertz CT molecular complexity index is 623. The molecule has 0 amide bonds. The first-order valence-corrected chi connectivity index (χ1v) is 7.00. The summed E-state index contributed by atoms with van der Waals surface area (Å²) in [5.41, 5.74) is 0.709. The standard InChI is InChI=1S/C12H9Cl2IN2O2/c1-18-9-4-6(3-7(13)10(9)19-2)12-16-5-8(15)11(14)17-12/h3-5H,1-2H3. The second-order valence-electron chi connectivity index (χ2n) is 3.53. The van der Waals surface area contributed by atoms with E-state index in [1.165, 1.54) is 7.11 Å². The summed E-state index contributed by atoms with van der Waals surface area (Å²) in [5, 5.41) is 0.826. The number of hydrogen-bond acceptors (Lipinski definition) is 4. The summed E-state index contributed by atoms with van der Waals surface area (Å²) in [6, 6.07) is 3.46. The van der Waals surface area contributed by atoms with Crippen molar-refractivity contribution in [2.45, 2.75) is 0 Å². The van der Waals surface area contributed by atoms with Crippen molar-refractivity contribution in [1.29, 1.82) is 0 Å². The number of aromatic nitrogens is 2. The topological polar surface area (TPSA) is 44.2 Å². The third-order valence-corrected chi connectivity index (χ3v) is 4.07. The highest BCUT2D eigenvalue weighted by atomic mass is 127. The predicted octanol–water partition coefficient (Wildman–Crippen LogP) is 4.07. The molecular weight excluding hydrogens is 402 g/mol. The largest absolute Gasteiger partial charge is 0.493 e. The van der Waals surface area contributed by atoms with Crippen LogP contribution in [0.25, 0.3) is 11.4 Å². The summed E-state index contributed by atoms with van der Waals surface area (Å²) in [7, 11) is 3.07. The monoisotopic (exact) mass is 410 g/mol. The van der Waals surface area contributed by atoms with Crippen molar-refractivity contribution in [3.05, 3.63) is 32.1 Å². The average molecular weight is 411 g/mol. The van der Waals surface area contributed by atoms with E-state index in [1.807, 2.05) is 0 Å². The summed E-state index contributed by atoms with van der Waals surface area (Å²) in [6.07, 6.45) is 1.65. The van der Waals surface area contributed by atoms with Gasteiger partial charge in [-0.2, -0.15) is 0 Å². The summed E-state index contributed by atoms with van der Waals surface area (Å²) in [5.74, 6) is 1.47. The van der Waals surface area contributed by atoms with Crippen LogP contribution in [0.1, 0.15) is 0 Å². The van der Waals surface area contributed by atoms with Gasteiger partial charge in [-0.05, 0) is 34.7 Å². The van der Waals surface area contributed by atoms with E-state index in [2.05, 4.69) is 32.6 Å². The lowest BCUT2D eigenvalue weighted by atomic mass is 10.2. The Balaban J connectivity index is 2.56. The van der Waals surface area contributed by atoms with E-state index in [4.69, 9.17) is 32.7 Å². The Hall–Kier alpha value is -0.790. The Labute approximate surface area is 134 Å². The van der Waals surface area contributed by atoms with Crippen LogP contribution in [0.2, 0.25) is 10.2 Å². The Morgan fingerprint density at radius 3 is 2.47 bits per heavy atom. The Kier molecular flexibility index (Phi) is 4.70. The molecule has 1 heterocycles. The fourth-order valence-corrected chi connectivity index (χ4v) is 2.21. The molecule has 100 valence electrons. The van der Waals surface area contributed by atoms with Gasteiger partial charge in [0.05, 0.1) is 22.8 Å². The van der Waals surface area contributed by atoms with Crippen molar-refractivity contribution in [2.24, 2.45) is 0 Å². The molecule has 0 spiro atoms. The maximum absolute atomic E-state index is 6.14. The average Bonchev–Trinajstić information content (AvgIpc) is 2.40. The normalized spacial score (nSPS) is 10.4. The van der Waals surface area contributed by atoms with Gasteiger partial charge in [-0.15, -0.1) is 0 Å². The molecular formula is C12H9Cl2IN2O2. The van der Waals surface area contributed by atoms with Crippen LogP contribution in [0.15, 0.2) is 18.3 Å². The van der Waals surface area contributed by atoms with Gasteiger partial charge in [0.2, 0.25) is 0 Å². The number of nitrogens with zero attached hydrogens (tertiary/aromatic N) is 2. The zero-order chi connectivity index (χ0) is 14.0. The molecule has 0 saturated heterocycles. The van der Waals surface area contributed by atoms with Gasteiger partial charge in [0.1, 0.15) is 5.15 Å². The molecule has 2 rings (SSSR count). The maximum atomic E-state index is 6.14. The van der Waals surface area contributed by atoms with Crippen molar-refractivity contribution in [1.82, 2.24) is 9.97 Å². The Morgan fingerprint density at radius 1 is 1.16 bits per heavy atom. The van der Waals surface area contributed by atoms with E-state index < -0.39 is 0 Å². The van der Waals surface area contributed by atoms with Crippen LogP contribution in [0.3, 0.4) is 0 Å². The molecule has 0 bridgehead atoms. The minimum atomic E-state index is 0.400. The molecule has 0 aliphatic carbocycles. The van der Waals surface area contributed by atoms with Gasteiger partial charge in [0, 0.05) is 11.8 Å². The van der Waals surface area contributed by atoms with Gasteiger partial charge in [-0.1, -0.05) is 23.2 Å². The number of rotatable bonds is 3. The fraction of sp³-hybridized carbons (Fsp3) is 0.167. The molecule has 0 N–H and O–H groups in total. The SMILES string of the molecule is COc1cc(-c2ncc(I)c(Cl)n2)cc(Cl)c1OC. The van der Waals surface area contributed by atoms with Gasteiger partial charge >= 0.3 is 0 Å². The molecule has 0 saturated carbocycles. The quantitative estimate of drug-likeness (QED) is 0.565. The van der Waals surface area contributed by atoms with E-state index >= 15 is 0 Å². The second kappa shape index (κ2) is 6.11. The van der Waals surface area contributed by atoms with E-state index in [0.717, 1.165) is 3.57 Å². The van der Waals surface area contributed by atoms with Gasteiger partial charge in [-0.25, -0.2) is 9.97 Å². The summed E-state index contributed by atoms with van der Waals surface area (Å²) >= 11 is 14.2. The zero-order valence-electron chi connectivity index (χ0n) is 10.1. The minimum Gasteiger partial charge on any atom is -0.493 e. The summed E-state index contributed by atoms with van der Waals surface area (Å²) < 4.78 is 11.2. The van der Waals surface area contributed by atoms with Gasteiger partial charge in [0.25, 0.3) is 0 Å². The zero-order valence-corrected chi connectivity index (χ0v) is 13.7. The molecule has 1 aromatic carbocycles. The first kappa shape index (κ1) is 14.6. The van der Waals surface area contributed by atoms with Crippen molar-refractivity contribution in [2.75, 3.05) is 14.2 Å². The molecule has 1 aromatic heterocycles. The van der Waals surface area contributed by atoms with Crippen LogP contribution in [0.5, 0.6) is 11.5 Å². The van der Waals surface area contributed by atoms with Crippen LogP contribution in [0, 0.1) is 3.57 Å². The third kappa shape index (κ3) is 3.04. The van der Waals surface area contributed by atoms with Crippen molar-refractivity contribution in [3.8, 4) is 22.9 Å². The predicted molar refractivity (Wildman–Crippen MR) is 83.3 cm³/mol. The van der Waals surface area contributed by atoms with Crippen molar-refractivity contribution in [3.63, 3.8) is 0 Å². The highest BCUT2D eigenvalue weighted by Crippen LogP contribution is 2.38. The molecule has 0 fully saturated rings. The van der Waals surface area contributed by atoms with Crippen LogP contribution in [-0.4, -0.2) is 24.2 Å².